The second kappa shape index (κ2) is 9.77. The maximum Gasteiger partial charge on any atom is 0.0722 e. The molecule has 0 aromatic heterocycles. The predicted octanol–water partition coefficient (Wildman–Crippen LogP) is 6.26. The van der Waals surface area contributed by atoms with Crippen LogP contribution in [0.25, 0.3) is 0 Å². The lowest BCUT2D eigenvalue weighted by Gasteiger charge is -2.55. The van der Waals surface area contributed by atoms with Crippen LogP contribution in [0.5, 0.6) is 0 Å². The first kappa shape index (κ1) is 27.9. The highest BCUT2D eigenvalue weighted by atomic mass is 16.5. The summed E-state index contributed by atoms with van der Waals surface area (Å²) in [5.41, 5.74) is -1.73. The molecule has 0 aliphatic carbocycles. The Labute approximate surface area is 187 Å². The fourth-order valence-electron chi connectivity index (χ4n) is 5.07. The Morgan fingerprint density at radius 2 is 1.30 bits per heavy atom. The average molecular weight is 429 g/mol. The summed E-state index contributed by atoms with van der Waals surface area (Å²) in [7, 11) is 0. The lowest BCUT2D eigenvalue weighted by Crippen LogP contribution is -2.60. The maximum atomic E-state index is 10.6. The summed E-state index contributed by atoms with van der Waals surface area (Å²) in [6.45, 7) is 23.0. The summed E-state index contributed by atoms with van der Waals surface area (Å²) >= 11 is 0. The van der Waals surface area contributed by atoms with Gasteiger partial charge in [-0.15, -0.1) is 0 Å². The topological polar surface area (TPSA) is 58.9 Å². The molecule has 0 saturated carbocycles. The van der Waals surface area contributed by atoms with E-state index in [1.165, 1.54) is 0 Å². The van der Waals surface area contributed by atoms with Crippen molar-refractivity contribution < 1.29 is 19.7 Å². The van der Waals surface area contributed by atoms with Gasteiger partial charge >= 0.3 is 0 Å². The standard InChI is InChI=1S/2C13H26O2/c1-7-10-11(3,4)13(6,14)9-12(5,8-2)15-10;1-6-8-11-12(3,4)13(5,14)9-10(7-2)15-11/h10,14H,7-9H2,1-6H3;10-11,14H,6-9H2,1-5H3. The molecular weight excluding hydrogens is 376 g/mol. The van der Waals surface area contributed by atoms with Crippen molar-refractivity contribution >= 4 is 0 Å². The summed E-state index contributed by atoms with van der Waals surface area (Å²) < 4.78 is 12.2. The van der Waals surface area contributed by atoms with E-state index >= 15 is 0 Å². The van der Waals surface area contributed by atoms with Gasteiger partial charge in [0.25, 0.3) is 0 Å². The quantitative estimate of drug-likeness (QED) is 0.542. The van der Waals surface area contributed by atoms with Gasteiger partial charge in [-0.2, -0.15) is 0 Å². The molecule has 0 aromatic carbocycles. The van der Waals surface area contributed by atoms with E-state index in [9.17, 15) is 10.2 Å². The van der Waals surface area contributed by atoms with E-state index < -0.39 is 11.2 Å². The third-order valence-electron chi connectivity index (χ3n) is 8.64. The molecule has 180 valence electrons. The molecule has 4 nitrogen and oxygen atoms in total. The first-order valence-electron chi connectivity index (χ1n) is 12.3. The first-order chi connectivity index (χ1) is 13.5. The van der Waals surface area contributed by atoms with Crippen molar-refractivity contribution in [1.29, 1.82) is 0 Å². The Morgan fingerprint density at radius 3 is 1.73 bits per heavy atom. The lowest BCUT2D eigenvalue weighted by molar-refractivity contribution is -0.254. The summed E-state index contributed by atoms with van der Waals surface area (Å²) in [5, 5.41) is 21.1. The zero-order valence-electron chi connectivity index (χ0n) is 21.9. The zero-order chi connectivity index (χ0) is 23.6. The van der Waals surface area contributed by atoms with Gasteiger partial charge in [-0.05, 0) is 46.5 Å². The predicted molar refractivity (Wildman–Crippen MR) is 126 cm³/mol. The van der Waals surface area contributed by atoms with E-state index in [2.05, 4.69) is 62.3 Å². The molecule has 30 heavy (non-hydrogen) atoms. The van der Waals surface area contributed by atoms with Crippen LogP contribution in [0.1, 0.15) is 121 Å². The smallest absolute Gasteiger partial charge is 0.0722 e. The Kier molecular flexibility index (Phi) is 9.07. The normalized spacial score (nSPS) is 42.9. The minimum Gasteiger partial charge on any atom is -0.389 e. The van der Waals surface area contributed by atoms with Crippen molar-refractivity contribution in [2.75, 3.05) is 0 Å². The number of hydrogen-bond acceptors (Lipinski definition) is 4. The molecule has 0 radical (unpaired) electrons. The number of ether oxygens (including phenoxy) is 2. The van der Waals surface area contributed by atoms with Crippen LogP contribution in [0.15, 0.2) is 0 Å². The molecule has 2 N–H and O–H groups in total. The van der Waals surface area contributed by atoms with Crippen molar-refractivity contribution in [3.8, 4) is 0 Å². The highest BCUT2D eigenvalue weighted by Gasteiger charge is 2.54. The van der Waals surface area contributed by atoms with E-state index in [4.69, 9.17) is 9.47 Å². The molecule has 0 aromatic rings. The van der Waals surface area contributed by atoms with Gasteiger partial charge in [-0.1, -0.05) is 61.8 Å². The highest BCUT2D eigenvalue weighted by molar-refractivity contribution is 5.04. The molecule has 2 fully saturated rings. The molecule has 6 unspecified atom stereocenters. The van der Waals surface area contributed by atoms with Gasteiger partial charge in [-0.3, -0.25) is 0 Å². The van der Waals surface area contributed by atoms with E-state index in [1.807, 2.05) is 13.8 Å². The van der Waals surface area contributed by atoms with E-state index in [0.29, 0.717) is 0 Å². The van der Waals surface area contributed by atoms with Crippen LogP contribution < -0.4 is 0 Å². The van der Waals surface area contributed by atoms with Gasteiger partial charge in [0.2, 0.25) is 0 Å². The highest BCUT2D eigenvalue weighted by Crippen LogP contribution is 2.49. The molecule has 6 atom stereocenters. The monoisotopic (exact) mass is 428 g/mol. The number of aliphatic hydroxyl groups is 2. The zero-order valence-corrected chi connectivity index (χ0v) is 21.9. The summed E-state index contributed by atoms with van der Waals surface area (Å²) in [6.07, 6.45) is 7.10. The van der Waals surface area contributed by atoms with Crippen molar-refractivity contribution in [1.82, 2.24) is 0 Å². The van der Waals surface area contributed by atoms with Crippen LogP contribution in [0, 0.1) is 10.8 Å². The molecule has 2 heterocycles. The average Bonchev–Trinajstić information content (AvgIpc) is 2.62. The minimum atomic E-state index is -0.642. The number of rotatable bonds is 5. The van der Waals surface area contributed by atoms with Crippen molar-refractivity contribution in [3.05, 3.63) is 0 Å². The van der Waals surface area contributed by atoms with Crippen LogP contribution in [-0.2, 0) is 9.47 Å². The third-order valence-corrected chi connectivity index (χ3v) is 8.64. The van der Waals surface area contributed by atoms with Crippen LogP contribution in [-0.4, -0.2) is 45.3 Å². The van der Waals surface area contributed by atoms with Gasteiger partial charge in [0.05, 0.1) is 35.1 Å². The minimum absolute atomic E-state index is 0.144. The Bertz CT molecular complexity index is 531. The molecule has 2 aliphatic rings. The van der Waals surface area contributed by atoms with E-state index in [0.717, 1.165) is 44.9 Å². The van der Waals surface area contributed by atoms with Crippen LogP contribution >= 0.6 is 0 Å². The van der Waals surface area contributed by atoms with Gasteiger partial charge in [0.15, 0.2) is 0 Å². The second-order valence-corrected chi connectivity index (χ2v) is 11.6. The van der Waals surface area contributed by atoms with E-state index in [1.54, 1.807) is 0 Å². The largest absolute Gasteiger partial charge is 0.389 e. The second-order valence-electron chi connectivity index (χ2n) is 11.6. The fraction of sp³-hybridized carbons (Fsp3) is 1.00. The van der Waals surface area contributed by atoms with Crippen molar-refractivity contribution in [2.45, 2.75) is 156 Å². The molecule has 0 spiro atoms. The maximum absolute atomic E-state index is 10.6. The molecule has 2 rings (SSSR count). The molecule has 2 aliphatic heterocycles. The van der Waals surface area contributed by atoms with Gasteiger partial charge in [0, 0.05) is 23.7 Å². The molecule has 0 amide bonds. The van der Waals surface area contributed by atoms with Crippen LogP contribution in [0.3, 0.4) is 0 Å². The molecule has 0 bridgehead atoms. The molecule has 4 heteroatoms. The third kappa shape index (κ3) is 5.60. The van der Waals surface area contributed by atoms with Crippen molar-refractivity contribution in [3.63, 3.8) is 0 Å². The van der Waals surface area contributed by atoms with Crippen LogP contribution in [0.4, 0.5) is 0 Å². The Morgan fingerprint density at radius 1 is 0.767 bits per heavy atom. The van der Waals surface area contributed by atoms with E-state index in [-0.39, 0.29) is 34.7 Å². The molecular formula is C26H52O4. The van der Waals surface area contributed by atoms with Gasteiger partial charge < -0.3 is 19.7 Å². The molecule has 2 saturated heterocycles. The lowest BCUT2D eigenvalue weighted by atomic mass is 9.64. The summed E-state index contributed by atoms with van der Waals surface area (Å²) in [5.74, 6) is 0. The van der Waals surface area contributed by atoms with Gasteiger partial charge in [-0.25, -0.2) is 0 Å². The van der Waals surface area contributed by atoms with Crippen LogP contribution in [0.2, 0.25) is 0 Å². The summed E-state index contributed by atoms with van der Waals surface area (Å²) in [4.78, 5) is 0. The number of hydrogen-bond donors (Lipinski definition) is 2. The Balaban J connectivity index is 0.000000300. The van der Waals surface area contributed by atoms with Crippen molar-refractivity contribution in [2.24, 2.45) is 10.8 Å². The SMILES string of the molecule is CCC1OC(C)(CC)CC(C)(O)C1(C)C.CCCC1OC(CC)CC(C)(O)C1(C)C. The summed E-state index contributed by atoms with van der Waals surface area (Å²) in [6, 6.07) is 0. The fourth-order valence-corrected chi connectivity index (χ4v) is 5.07. The van der Waals surface area contributed by atoms with Gasteiger partial charge in [0.1, 0.15) is 0 Å². The Hall–Kier alpha value is -0.160. The first-order valence-corrected chi connectivity index (χ1v) is 12.3.